The molecule has 1 aromatic carbocycles. The molecule has 0 aliphatic rings. The Labute approximate surface area is 114 Å². The number of pyridine rings is 1. The Balaban J connectivity index is 2.06. The molecule has 4 N–H and O–H groups in total. The van der Waals surface area contributed by atoms with Crippen LogP contribution >= 0.6 is 12.2 Å². The van der Waals surface area contributed by atoms with Crippen molar-refractivity contribution in [2.75, 3.05) is 0 Å². The molecule has 0 saturated carbocycles. The molecule has 5 nitrogen and oxygen atoms in total. The highest BCUT2D eigenvalue weighted by atomic mass is 32.1. The zero-order chi connectivity index (χ0) is 13.2. The summed E-state index contributed by atoms with van der Waals surface area (Å²) in [5, 5.41) is 6.30. The zero-order valence-electron chi connectivity index (χ0n) is 9.92. The van der Waals surface area contributed by atoms with Gasteiger partial charge in [-0.15, -0.1) is 0 Å². The van der Waals surface area contributed by atoms with Gasteiger partial charge in [0.1, 0.15) is 0 Å². The third kappa shape index (κ3) is 2.25. The van der Waals surface area contributed by atoms with Crippen LogP contribution in [0.25, 0.3) is 21.8 Å². The third-order valence-electron chi connectivity index (χ3n) is 2.78. The fourth-order valence-electron chi connectivity index (χ4n) is 2.00. The first-order valence-electron chi connectivity index (χ1n) is 5.69. The quantitative estimate of drug-likeness (QED) is 0.377. The molecule has 0 spiro atoms. The summed E-state index contributed by atoms with van der Waals surface area (Å²) >= 11 is 4.66. The Morgan fingerprint density at radius 2 is 2.16 bits per heavy atom. The van der Waals surface area contributed by atoms with Crippen molar-refractivity contribution in [2.24, 2.45) is 10.8 Å². The van der Waals surface area contributed by atoms with Crippen LogP contribution in [0.5, 0.6) is 0 Å². The van der Waals surface area contributed by atoms with E-state index in [0.29, 0.717) is 0 Å². The molecular formula is C13H11N5S. The van der Waals surface area contributed by atoms with Crippen molar-refractivity contribution in [3.8, 4) is 0 Å². The smallest absolute Gasteiger partial charge is 0.184 e. The van der Waals surface area contributed by atoms with Crippen LogP contribution < -0.4 is 11.2 Å². The molecule has 6 heteroatoms. The van der Waals surface area contributed by atoms with Crippen molar-refractivity contribution >= 4 is 45.4 Å². The van der Waals surface area contributed by atoms with Crippen molar-refractivity contribution < 1.29 is 0 Å². The second kappa shape index (κ2) is 4.66. The predicted octanol–water partition coefficient (Wildman–Crippen LogP) is 1.88. The van der Waals surface area contributed by atoms with Gasteiger partial charge in [0.25, 0.3) is 0 Å². The molecule has 0 aliphatic heterocycles. The van der Waals surface area contributed by atoms with Crippen LogP contribution in [-0.4, -0.2) is 21.3 Å². The summed E-state index contributed by atoms with van der Waals surface area (Å²) in [6.07, 6.45) is 3.37. The van der Waals surface area contributed by atoms with E-state index in [1.807, 2.05) is 24.3 Å². The van der Waals surface area contributed by atoms with Crippen LogP contribution in [-0.2, 0) is 0 Å². The summed E-state index contributed by atoms with van der Waals surface area (Å²) in [4.78, 5) is 7.61. The largest absolute Gasteiger partial charge is 0.375 e. The van der Waals surface area contributed by atoms with Gasteiger partial charge in [-0.2, -0.15) is 5.10 Å². The molecule has 0 unspecified atom stereocenters. The standard InChI is InChI=1S/C13H11N5S/c14-13(19)18-16-6-8-5-10-9-3-1-2-4-11(9)17-12(10)7-15-8/h1-7,17H,(H3,14,18,19). The molecule has 0 bridgehead atoms. The van der Waals surface area contributed by atoms with Gasteiger partial charge in [0.05, 0.1) is 23.6 Å². The second-order valence-electron chi connectivity index (χ2n) is 4.06. The van der Waals surface area contributed by atoms with E-state index in [1.54, 1.807) is 12.4 Å². The van der Waals surface area contributed by atoms with E-state index in [-0.39, 0.29) is 5.11 Å². The summed E-state index contributed by atoms with van der Waals surface area (Å²) < 4.78 is 0. The first-order valence-corrected chi connectivity index (χ1v) is 6.10. The predicted molar refractivity (Wildman–Crippen MR) is 81.1 cm³/mol. The van der Waals surface area contributed by atoms with Gasteiger partial charge in [-0.05, 0) is 24.4 Å². The van der Waals surface area contributed by atoms with E-state index in [0.717, 1.165) is 27.5 Å². The zero-order valence-corrected chi connectivity index (χ0v) is 10.7. The minimum absolute atomic E-state index is 0.129. The minimum Gasteiger partial charge on any atom is -0.375 e. The number of aromatic amines is 1. The Hall–Kier alpha value is -2.47. The fourth-order valence-corrected chi connectivity index (χ4v) is 2.05. The lowest BCUT2D eigenvalue weighted by molar-refractivity contribution is 1.04. The Kier molecular flexibility index (Phi) is 2.85. The lowest BCUT2D eigenvalue weighted by Gasteiger charge is -1.95. The molecule has 0 aliphatic carbocycles. The van der Waals surface area contributed by atoms with Gasteiger partial charge in [-0.3, -0.25) is 10.4 Å². The second-order valence-corrected chi connectivity index (χ2v) is 4.50. The van der Waals surface area contributed by atoms with Crippen molar-refractivity contribution in [3.63, 3.8) is 0 Å². The van der Waals surface area contributed by atoms with E-state index < -0.39 is 0 Å². The summed E-state index contributed by atoms with van der Waals surface area (Å²) in [5.74, 6) is 0. The molecule has 0 radical (unpaired) electrons. The summed E-state index contributed by atoms with van der Waals surface area (Å²) in [5.41, 5.74) is 10.6. The number of benzene rings is 1. The maximum Gasteiger partial charge on any atom is 0.184 e. The number of H-pyrrole nitrogens is 1. The SMILES string of the molecule is NC(=S)NN=Cc1cc2c(cn1)[nH]c1ccccc12. The van der Waals surface area contributed by atoms with Gasteiger partial charge in [0.2, 0.25) is 0 Å². The summed E-state index contributed by atoms with van der Waals surface area (Å²) in [7, 11) is 0. The maximum absolute atomic E-state index is 5.29. The molecule has 2 aromatic heterocycles. The number of hydrogen-bond acceptors (Lipinski definition) is 3. The monoisotopic (exact) mass is 269 g/mol. The van der Waals surface area contributed by atoms with Crippen LogP contribution in [0.2, 0.25) is 0 Å². The van der Waals surface area contributed by atoms with Gasteiger partial charge in [-0.25, -0.2) is 0 Å². The Bertz CT molecular complexity index is 790. The third-order valence-corrected chi connectivity index (χ3v) is 2.87. The van der Waals surface area contributed by atoms with E-state index in [4.69, 9.17) is 5.73 Å². The van der Waals surface area contributed by atoms with Crippen LogP contribution in [0.1, 0.15) is 5.69 Å². The van der Waals surface area contributed by atoms with Crippen LogP contribution in [0.4, 0.5) is 0 Å². The number of rotatable bonds is 2. The number of hydrogen-bond donors (Lipinski definition) is 3. The summed E-state index contributed by atoms with van der Waals surface area (Å²) in [6, 6.07) is 10.1. The molecule has 3 aromatic rings. The van der Waals surface area contributed by atoms with E-state index in [9.17, 15) is 0 Å². The highest BCUT2D eigenvalue weighted by Crippen LogP contribution is 2.24. The highest BCUT2D eigenvalue weighted by molar-refractivity contribution is 7.80. The van der Waals surface area contributed by atoms with Crippen LogP contribution in [0, 0.1) is 0 Å². The van der Waals surface area contributed by atoms with Gasteiger partial charge >= 0.3 is 0 Å². The molecule has 0 atom stereocenters. The molecule has 0 fully saturated rings. The number of aromatic nitrogens is 2. The van der Waals surface area contributed by atoms with E-state index >= 15 is 0 Å². The number of hydrazone groups is 1. The van der Waals surface area contributed by atoms with Crippen LogP contribution in [0.3, 0.4) is 0 Å². The molecular weight excluding hydrogens is 258 g/mol. The van der Waals surface area contributed by atoms with Crippen molar-refractivity contribution in [1.29, 1.82) is 0 Å². The van der Waals surface area contributed by atoms with Crippen molar-refractivity contribution in [3.05, 3.63) is 42.2 Å². The highest BCUT2D eigenvalue weighted by Gasteiger charge is 2.04. The lowest BCUT2D eigenvalue weighted by Crippen LogP contribution is -2.24. The lowest BCUT2D eigenvalue weighted by atomic mass is 10.2. The number of nitrogens with one attached hydrogen (secondary N) is 2. The van der Waals surface area contributed by atoms with Crippen molar-refractivity contribution in [2.45, 2.75) is 0 Å². The van der Waals surface area contributed by atoms with Gasteiger partial charge in [-0.1, -0.05) is 18.2 Å². The number of para-hydroxylation sites is 1. The Morgan fingerprint density at radius 1 is 1.32 bits per heavy atom. The molecule has 19 heavy (non-hydrogen) atoms. The van der Waals surface area contributed by atoms with Crippen LogP contribution in [0.15, 0.2) is 41.6 Å². The minimum atomic E-state index is 0.129. The molecule has 94 valence electrons. The topological polar surface area (TPSA) is 79.1 Å². The maximum atomic E-state index is 5.29. The average Bonchev–Trinajstić information content (AvgIpc) is 2.76. The van der Waals surface area contributed by atoms with E-state index in [1.165, 1.54) is 0 Å². The molecule has 3 rings (SSSR count). The number of nitrogens with zero attached hydrogens (tertiary/aromatic N) is 2. The van der Waals surface area contributed by atoms with Gasteiger partial charge < -0.3 is 10.7 Å². The first-order chi connectivity index (χ1) is 9.24. The van der Waals surface area contributed by atoms with Gasteiger partial charge in [0, 0.05) is 16.3 Å². The molecule has 0 amide bonds. The van der Waals surface area contributed by atoms with E-state index in [2.05, 4.69) is 38.8 Å². The summed E-state index contributed by atoms with van der Waals surface area (Å²) in [6.45, 7) is 0. The molecule has 2 heterocycles. The average molecular weight is 269 g/mol. The Morgan fingerprint density at radius 3 is 3.00 bits per heavy atom. The normalized spacial score (nSPS) is 11.4. The van der Waals surface area contributed by atoms with Crippen molar-refractivity contribution in [1.82, 2.24) is 15.4 Å². The molecule has 0 saturated heterocycles. The number of fused-ring (bicyclic) bond motifs is 3. The number of nitrogens with two attached hydrogens (primary N) is 1. The fraction of sp³-hybridized carbons (Fsp3) is 0. The van der Waals surface area contributed by atoms with Gasteiger partial charge in [0.15, 0.2) is 5.11 Å². The number of thiocarbonyl (C=S) groups is 1. The first kappa shape index (κ1) is 11.6.